The Kier molecular flexibility index (Phi) is 7.43. The molecule has 0 bridgehead atoms. The van der Waals surface area contributed by atoms with Gasteiger partial charge >= 0.3 is 0 Å². The third-order valence-corrected chi connectivity index (χ3v) is 5.58. The van der Waals surface area contributed by atoms with E-state index in [9.17, 15) is 4.79 Å². The van der Waals surface area contributed by atoms with Crippen LogP contribution in [0.4, 0.5) is 10.8 Å². The predicted molar refractivity (Wildman–Crippen MR) is 122 cm³/mol. The molecule has 158 valence electrons. The van der Waals surface area contributed by atoms with Gasteiger partial charge in [0.1, 0.15) is 11.8 Å². The Hall–Kier alpha value is -2.90. The fourth-order valence-electron chi connectivity index (χ4n) is 3.09. The van der Waals surface area contributed by atoms with Gasteiger partial charge in [-0.1, -0.05) is 12.1 Å². The quantitative estimate of drug-likeness (QED) is 0.514. The number of hydrogen-bond acceptors (Lipinski definition) is 6. The van der Waals surface area contributed by atoms with Crippen LogP contribution in [0.15, 0.2) is 53.9 Å². The van der Waals surface area contributed by atoms with Gasteiger partial charge in [0.15, 0.2) is 5.13 Å². The predicted octanol–water partition coefficient (Wildman–Crippen LogP) is 4.42. The molecule has 1 N–H and O–H groups in total. The number of carbonyl (C=O) groups is 1. The van der Waals surface area contributed by atoms with E-state index in [-0.39, 0.29) is 5.91 Å². The number of benzene rings is 2. The van der Waals surface area contributed by atoms with Gasteiger partial charge < -0.3 is 19.7 Å². The Labute approximate surface area is 181 Å². The summed E-state index contributed by atoms with van der Waals surface area (Å²) < 4.78 is 10.3. The number of ether oxygens (including phenoxy) is 2. The van der Waals surface area contributed by atoms with Crippen LogP contribution in [0.1, 0.15) is 12.5 Å². The zero-order valence-electron chi connectivity index (χ0n) is 17.7. The van der Waals surface area contributed by atoms with E-state index in [1.807, 2.05) is 66.6 Å². The summed E-state index contributed by atoms with van der Waals surface area (Å²) in [4.78, 5) is 19.6. The molecule has 0 radical (unpaired) electrons. The molecule has 1 heterocycles. The number of nitrogens with zero attached hydrogens (tertiary/aromatic N) is 2. The Bertz CT molecular complexity index is 972. The van der Waals surface area contributed by atoms with E-state index in [0.29, 0.717) is 13.2 Å². The number of methoxy groups -OCH3 is 2. The van der Waals surface area contributed by atoms with Gasteiger partial charge in [0, 0.05) is 30.3 Å². The van der Waals surface area contributed by atoms with E-state index >= 15 is 0 Å². The Morgan fingerprint density at radius 2 is 1.97 bits per heavy atom. The molecule has 0 saturated carbocycles. The maximum Gasteiger partial charge on any atom is 0.242 e. The number of rotatable bonds is 9. The van der Waals surface area contributed by atoms with E-state index in [0.717, 1.165) is 33.4 Å². The Morgan fingerprint density at radius 1 is 1.20 bits per heavy atom. The molecule has 0 aliphatic carbocycles. The summed E-state index contributed by atoms with van der Waals surface area (Å²) >= 11 is 1.52. The van der Waals surface area contributed by atoms with Crippen LogP contribution in [0.25, 0.3) is 11.3 Å². The molecule has 0 spiro atoms. The molecule has 3 rings (SSSR count). The molecular weight excluding hydrogens is 398 g/mol. The van der Waals surface area contributed by atoms with E-state index in [1.165, 1.54) is 11.3 Å². The zero-order chi connectivity index (χ0) is 21.5. The lowest BCUT2D eigenvalue weighted by Gasteiger charge is -2.28. The molecule has 1 atom stereocenters. The van der Waals surface area contributed by atoms with Crippen molar-refractivity contribution in [3.63, 3.8) is 0 Å². The molecule has 1 unspecified atom stereocenters. The lowest BCUT2D eigenvalue weighted by molar-refractivity contribution is -0.122. The maximum atomic E-state index is 12.8. The van der Waals surface area contributed by atoms with Crippen molar-refractivity contribution in [3.8, 4) is 17.0 Å². The lowest BCUT2D eigenvalue weighted by atomic mass is 10.1. The highest BCUT2D eigenvalue weighted by atomic mass is 32.1. The Morgan fingerprint density at radius 3 is 2.63 bits per heavy atom. The van der Waals surface area contributed by atoms with E-state index < -0.39 is 6.04 Å². The number of amides is 1. The van der Waals surface area contributed by atoms with E-state index in [4.69, 9.17) is 14.5 Å². The van der Waals surface area contributed by atoms with Crippen molar-refractivity contribution in [2.75, 3.05) is 32.3 Å². The molecular formula is C23H27N3O3S. The normalized spacial score (nSPS) is 11.7. The average molecular weight is 426 g/mol. The Balaban J connectivity index is 1.92. The van der Waals surface area contributed by atoms with Gasteiger partial charge in [0.2, 0.25) is 5.91 Å². The van der Waals surface area contributed by atoms with Crippen LogP contribution in [-0.4, -0.2) is 44.3 Å². The van der Waals surface area contributed by atoms with Crippen molar-refractivity contribution in [2.24, 2.45) is 0 Å². The summed E-state index contributed by atoms with van der Waals surface area (Å²) in [7, 11) is 3.26. The largest absolute Gasteiger partial charge is 0.497 e. The number of aryl methyl sites for hydroxylation is 1. The second-order valence-electron chi connectivity index (χ2n) is 6.91. The second-order valence-corrected chi connectivity index (χ2v) is 7.75. The van der Waals surface area contributed by atoms with Gasteiger partial charge in [-0.3, -0.25) is 4.79 Å². The first-order valence-electron chi connectivity index (χ1n) is 9.76. The van der Waals surface area contributed by atoms with Crippen molar-refractivity contribution in [1.82, 2.24) is 10.3 Å². The van der Waals surface area contributed by atoms with Gasteiger partial charge in [-0.25, -0.2) is 4.98 Å². The first-order chi connectivity index (χ1) is 14.5. The fourth-order valence-corrected chi connectivity index (χ4v) is 4.02. The summed E-state index contributed by atoms with van der Waals surface area (Å²) in [6, 6.07) is 15.5. The molecule has 30 heavy (non-hydrogen) atoms. The number of aromatic nitrogens is 1. The highest BCUT2D eigenvalue weighted by Crippen LogP contribution is 2.34. The number of nitrogens with one attached hydrogen (secondary N) is 1. The SMILES string of the molecule is COCCNC(=O)C(C)N(c1cccc(C)c1)c1nc(-c2ccc(OC)cc2)cs1. The van der Waals surface area contributed by atoms with Crippen LogP contribution in [0.5, 0.6) is 5.75 Å². The standard InChI is InChI=1S/C23H27N3O3S/c1-16-6-5-7-19(14-16)26(17(2)22(27)24-12-13-28-3)23-25-21(15-30-23)18-8-10-20(29-4)11-9-18/h5-11,14-15,17H,12-13H2,1-4H3,(H,24,27). The molecule has 7 heteroatoms. The van der Waals surface area contributed by atoms with Crippen LogP contribution in [0, 0.1) is 6.92 Å². The van der Waals surface area contributed by atoms with Gasteiger partial charge in [0.25, 0.3) is 0 Å². The fraction of sp³-hybridized carbons (Fsp3) is 0.304. The highest BCUT2D eigenvalue weighted by Gasteiger charge is 2.26. The van der Waals surface area contributed by atoms with E-state index in [2.05, 4.69) is 11.4 Å². The molecule has 6 nitrogen and oxygen atoms in total. The van der Waals surface area contributed by atoms with Gasteiger partial charge in [-0.2, -0.15) is 0 Å². The average Bonchev–Trinajstić information content (AvgIpc) is 3.23. The smallest absolute Gasteiger partial charge is 0.242 e. The van der Waals surface area contributed by atoms with Crippen LogP contribution < -0.4 is 15.0 Å². The minimum absolute atomic E-state index is 0.0743. The number of thiazole rings is 1. The molecule has 0 saturated heterocycles. The van der Waals surface area contributed by atoms with Crippen LogP contribution in [-0.2, 0) is 9.53 Å². The second kappa shape index (κ2) is 10.2. The van der Waals surface area contributed by atoms with Gasteiger partial charge in [0.05, 0.1) is 19.4 Å². The molecule has 2 aromatic carbocycles. The highest BCUT2D eigenvalue weighted by molar-refractivity contribution is 7.14. The third-order valence-electron chi connectivity index (χ3n) is 4.74. The topological polar surface area (TPSA) is 63.7 Å². The van der Waals surface area contributed by atoms with Crippen molar-refractivity contribution in [1.29, 1.82) is 0 Å². The summed E-state index contributed by atoms with van der Waals surface area (Å²) in [5, 5.41) is 5.70. The summed E-state index contributed by atoms with van der Waals surface area (Å²) in [5.41, 5.74) is 3.92. The monoisotopic (exact) mass is 425 g/mol. The first-order valence-corrected chi connectivity index (χ1v) is 10.6. The summed E-state index contributed by atoms with van der Waals surface area (Å²) in [6.45, 7) is 4.87. The minimum Gasteiger partial charge on any atom is -0.497 e. The summed E-state index contributed by atoms with van der Waals surface area (Å²) in [5.74, 6) is 0.728. The summed E-state index contributed by atoms with van der Waals surface area (Å²) in [6.07, 6.45) is 0. The van der Waals surface area contributed by atoms with Crippen molar-refractivity contribution >= 4 is 28.1 Å². The minimum atomic E-state index is -0.432. The van der Waals surface area contributed by atoms with Gasteiger partial charge in [-0.05, 0) is 55.8 Å². The maximum absolute atomic E-state index is 12.8. The molecule has 1 amide bonds. The molecule has 3 aromatic rings. The van der Waals surface area contributed by atoms with Crippen LogP contribution in [0.3, 0.4) is 0 Å². The number of carbonyl (C=O) groups excluding carboxylic acids is 1. The third kappa shape index (κ3) is 5.17. The van der Waals surface area contributed by atoms with Crippen molar-refractivity contribution in [2.45, 2.75) is 19.9 Å². The molecule has 0 aliphatic rings. The van der Waals surface area contributed by atoms with Crippen LogP contribution >= 0.6 is 11.3 Å². The molecule has 1 aromatic heterocycles. The van der Waals surface area contributed by atoms with Gasteiger partial charge in [-0.15, -0.1) is 11.3 Å². The number of anilines is 2. The van der Waals surface area contributed by atoms with Crippen LogP contribution in [0.2, 0.25) is 0 Å². The zero-order valence-corrected chi connectivity index (χ0v) is 18.5. The molecule has 0 fully saturated rings. The van der Waals surface area contributed by atoms with Crippen molar-refractivity contribution in [3.05, 3.63) is 59.5 Å². The van der Waals surface area contributed by atoms with E-state index in [1.54, 1.807) is 14.2 Å². The van der Waals surface area contributed by atoms with Crippen molar-refractivity contribution < 1.29 is 14.3 Å². The lowest BCUT2D eigenvalue weighted by Crippen LogP contribution is -2.44. The number of hydrogen-bond donors (Lipinski definition) is 1. The molecule has 0 aliphatic heterocycles. The first kappa shape index (κ1) is 21.8.